The second kappa shape index (κ2) is 5.05. The van der Waals surface area contributed by atoms with Crippen molar-refractivity contribution in [2.75, 3.05) is 6.54 Å². The third-order valence-electron chi connectivity index (χ3n) is 3.48. The zero-order valence-corrected chi connectivity index (χ0v) is 11.4. The summed E-state index contributed by atoms with van der Waals surface area (Å²) < 4.78 is 0. The number of hydrogen-bond donors (Lipinski definition) is 0. The maximum atomic E-state index is 4.57. The summed E-state index contributed by atoms with van der Waals surface area (Å²) in [6, 6.07) is 6.20. The lowest BCUT2D eigenvalue weighted by Gasteiger charge is -2.27. The predicted octanol–water partition coefficient (Wildman–Crippen LogP) is 2.05. The van der Waals surface area contributed by atoms with Crippen molar-refractivity contribution < 1.29 is 0 Å². The first-order valence-electron chi connectivity index (χ1n) is 6.67. The fourth-order valence-electron chi connectivity index (χ4n) is 2.51. The summed E-state index contributed by atoms with van der Waals surface area (Å²) in [5.74, 6) is 0.856. The molecule has 0 radical (unpaired) electrons. The van der Waals surface area contributed by atoms with Crippen molar-refractivity contribution in [3.63, 3.8) is 0 Å². The molecule has 0 N–H and O–H groups in total. The molecule has 0 amide bonds. The Labute approximate surface area is 113 Å². The van der Waals surface area contributed by atoms with Crippen molar-refractivity contribution in [1.82, 2.24) is 19.9 Å². The largest absolute Gasteiger partial charge is 0.291 e. The van der Waals surface area contributed by atoms with Crippen LogP contribution in [0.3, 0.4) is 0 Å². The second-order valence-corrected chi connectivity index (χ2v) is 5.12. The van der Waals surface area contributed by atoms with Crippen molar-refractivity contribution in [1.29, 1.82) is 0 Å². The Hall–Kier alpha value is -1.81. The number of rotatable bonds is 2. The smallest absolute Gasteiger partial charge is 0.125 e. The number of pyridine rings is 1. The van der Waals surface area contributed by atoms with Crippen LogP contribution in [-0.4, -0.2) is 26.4 Å². The van der Waals surface area contributed by atoms with Gasteiger partial charge < -0.3 is 0 Å². The van der Waals surface area contributed by atoms with E-state index < -0.39 is 0 Å². The third-order valence-corrected chi connectivity index (χ3v) is 3.48. The molecule has 0 aromatic carbocycles. The minimum atomic E-state index is 0.856. The first kappa shape index (κ1) is 12.2. The molecule has 4 heteroatoms. The van der Waals surface area contributed by atoms with Crippen molar-refractivity contribution in [2.45, 2.75) is 33.4 Å². The van der Waals surface area contributed by atoms with E-state index in [1.54, 1.807) is 0 Å². The van der Waals surface area contributed by atoms with Crippen LogP contribution in [0.25, 0.3) is 0 Å². The lowest BCUT2D eigenvalue weighted by Crippen LogP contribution is -2.31. The van der Waals surface area contributed by atoms with E-state index in [4.69, 9.17) is 0 Å². The van der Waals surface area contributed by atoms with Gasteiger partial charge in [-0.3, -0.25) is 9.88 Å². The maximum absolute atomic E-state index is 4.57. The number of aryl methyl sites for hydroxylation is 2. The van der Waals surface area contributed by atoms with E-state index in [0.717, 1.165) is 43.3 Å². The van der Waals surface area contributed by atoms with Gasteiger partial charge in [0.15, 0.2) is 0 Å². The molecule has 19 heavy (non-hydrogen) atoms. The second-order valence-electron chi connectivity index (χ2n) is 5.12. The average molecular weight is 254 g/mol. The van der Waals surface area contributed by atoms with Crippen molar-refractivity contribution in [2.24, 2.45) is 0 Å². The lowest BCUT2D eigenvalue weighted by atomic mass is 10.1. The van der Waals surface area contributed by atoms with Gasteiger partial charge in [0.2, 0.25) is 0 Å². The minimum Gasteiger partial charge on any atom is -0.291 e. The van der Waals surface area contributed by atoms with Crippen LogP contribution in [0.1, 0.15) is 28.5 Å². The van der Waals surface area contributed by atoms with Gasteiger partial charge in [0.05, 0.1) is 11.4 Å². The van der Waals surface area contributed by atoms with E-state index in [0.29, 0.717) is 0 Å². The highest BCUT2D eigenvalue weighted by molar-refractivity contribution is 5.21. The molecule has 4 nitrogen and oxygen atoms in total. The topological polar surface area (TPSA) is 41.9 Å². The van der Waals surface area contributed by atoms with Crippen LogP contribution in [0.15, 0.2) is 24.4 Å². The Kier molecular flexibility index (Phi) is 3.25. The zero-order chi connectivity index (χ0) is 13.2. The minimum absolute atomic E-state index is 0.856. The summed E-state index contributed by atoms with van der Waals surface area (Å²) in [5, 5.41) is 0. The molecule has 1 aliphatic rings. The number of hydrogen-bond acceptors (Lipinski definition) is 4. The van der Waals surface area contributed by atoms with Crippen molar-refractivity contribution >= 4 is 0 Å². The zero-order valence-electron chi connectivity index (χ0n) is 11.4. The van der Waals surface area contributed by atoms with Crippen LogP contribution in [-0.2, 0) is 19.5 Å². The van der Waals surface area contributed by atoms with Gasteiger partial charge in [-0.15, -0.1) is 0 Å². The van der Waals surface area contributed by atoms with E-state index in [9.17, 15) is 0 Å². The Morgan fingerprint density at radius 2 is 2.11 bits per heavy atom. The van der Waals surface area contributed by atoms with Crippen LogP contribution in [0, 0.1) is 13.8 Å². The van der Waals surface area contributed by atoms with Gasteiger partial charge in [-0.05, 0) is 38.0 Å². The van der Waals surface area contributed by atoms with Crippen LogP contribution in [0.5, 0.6) is 0 Å². The average Bonchev–Trinajstić information content (AvgIpc) is 2.38. The Bertz CT molecular complexity index is 594. The third kappa shape index (κ3) is 2.79. The van der Waals surface area contributed by atoms with Gasteiger partial charge in [-0.2, -0.15) is 0 Å². The summed E-state index contributed by atoms with van der Waals surface area (Å²) in [6.45, 7) is 6.82. The highest BCUT2D eigenvalue weighted by Crippen LogP contribution is 2.17. The molecule has 0 bridgehead atoms. The first-order valence-corrected chi connectivity index (χ1v) is 6.67. The number of aromatic nitrogens is 3. The molecule has 0 unspecified atom stereocenters. The molecule has 98 valence electrons. The molecule has 0 aliphatic carbocycles. The molecular formula is C15H18N4. The molecule has 0 saturated heterocycles. The Morgan fingerprint density at radius 3 is 2.95 bits per heavy atom. The van der Waals surface area contributed by atoms with Crippen molar-refractivity contribution in [3.05, 3.63) is 52.9 Å². The van der Waals surface area contributed by atoms with E-state index >= 15 is 0 Å². The van der Waals surface area contributed by atoms with Crippen molar-refractivity contribution in [3.8, 4) is 0 Å². The fraction of sp³-hybridized carbons (Fsp3) is 0.400. The molecular weight excluding hydrogens is 236 g/mol. The summed E-state index contributed by atoms with van der Waals surface area (Å²) in [7, 11) is 0. The molecule has 3 rings (SSSR count). The van der Waals surface area contributed by atoms with Crippen LogP contribution < -0.4 is 0 Å². The first-order chi connectivity index (χ1) is 9.20. The maximum Gasteiger partial charge on any atom is 0.125 e. The molecule has 1 aliphatic heterocycles. The SMILES string of the molecule is Cc1cccc(CN2CCc3cnc(C)nc3C2)n1. The summed E-state index contributed by atoms with van der Waals surface area (Å²) >= 11 is 0. The van der Waals surface area contributed by atoms with Gasteiger partial charge in [0, 0.05) is 31.5 Å². The highest BCUT2D eigenvalue weighted by Gasteiger charge is 2.18. The van der Waals surface area contributed by atoms with Crippen LogP contribution in [0.2, 0.25) is 0 Å². The van der Waals surface area contributed by atoms with Gasteiger partial charge in [-0.1, -0.05) is 6.07 Å². The molecule has 0 fully saturated rings. The van der Waals surface area contributed by atoms with Gasteiger partial charge in [-0.25, -0.2) is 9.97 Å². The number of fused-ring (bicyclic) bond motifs is 1. The predicted molar refractivity (Wildman–Crippen MR) is 73.6 cm³/mol. The Balaban J connectivity index is 1.75. The standard InChI is InChI=1S/C15H18N4/c1-11-4-3-5-14(17-11)9-19-7-6-13-8-16-12(2)18-15(13)10-19/h3-5,8H,6-7,9-10H2,1-2H3. The monoisotopic (exact) mass is 254 g/mol. The molecule has 0 saturated carbocycles. The summed E-state index contributed by atoms with van der Waals surface area (Å²) in [5.41, 5.74) is 4.67. The number of nitrogens with zero attached hydrogens (tertiary/aromatic N) is 4. The van der Waals surface area contributed by atoms with Gasteiger partial charge >= 0.3 is 0 Å². The quantitative estimate of drug-likeness (QED) is 0.822. The Morgan fingerprint density at radius 1 is 1.21 bits per heavy atom. The normalized spacial score (nSPS) is 15.3. The molecule has 2 aromatic heterocycles. The van der Waals surface area contributed by atoms with Crippen LogP contribution in [0.4, 0.5) is 0 Å². The van der Waals surface area contributed by atoms with Gasteiger partial charge in [0.1, 0.15) is 5.82 Å². The fourth-order valence-corrected chi connectivity index (χ4v) is 2.51. The van der Waals surface area contributed by atoms with Gasteiger partial charge in [0.25, 0.3) is 0 Å². The van der Waals surface area contributed by atoms with Crippen LogP contribution >= 0.6 is 0 Å². The molecule has 0 spiro atoms. The highest BCUT2D eigenvalue weighted by atomic mass is 15.1. The summed E-state index contributed by atoms with van der Waals surface area (Å²) in [6.07, 6.45) is 3.00. The van der Waals surface area contributed by atoms with E-state index in [1.807, 2.05) is 26.1 Å². The van der Waals surface area contributed by atoms with E-state index in [2.05, 4.69) is 32.0 Å². The van der Waals surface area contributed by atoms with E-state index in [1.165, 1.54) is 11.3 Å². The molecule has 3 heterocycles. The molecule has 0 atom stereocenters. The lowest BCUT2D eigenvalue weighted by molar-refractivity contribution is 0.238. The molecule has 2 aromatic rings. The summed E-state index contributed by atoms with van der Waals surface area (Å²) in [4.78, 5) is 15.8. The van der Waals surface area contributed by atoms with E-state index in [-0.39, 0.29) is 0 Å².